The van der Waals surface area contributed by atoms with Crippen molar-refractivity contribution in [2.75, 3.05) is 5.32 Å². The van der Waals surface area contributed by atoms with Crippen LogP contribution in [0, 0.1) is 13.8 Å². The Bertz CT molecular complexity index is 1160. The van der Waals surface area contributed by atoms with E-state index in [1.165, 1.54) is 0 Å². The smallest absolute Gasteiger partial charge is 0.255 e. The Kier molecular flexibility index (Phi) is 4.96. The van der Waals surface area contributed by atoms with Crippen molar-refractivity contribution in [2.45, 2.75) is 13.8 Å². The first-order valence-corrected chi connectivity index (χ1v) is 9.82. The summed E-state index contributed by atoms with van der Waals surface area (Å²) in [5, 5.41) is 3.39. The molecular formula is C22H16BrClN2O2. The first-order chi connectivity index (χ1) is 13.4. The van der Waals surface area contributed by atoms with Crippen LogP contribution in [0.5, 0.6) is 0 Å². The number of carbonyl (C=O) groups excluding carboxylic acids is 1. The number of amides is 1. The number of benzene rings is 3. The van der Waals surface area contributed by atoms with Gasteiger partial charge in [0.1, 0.15) is 5.52 Å². The monoisotopic (exact) mass is 454 g/mol. The van der Waals surface area contributed by atoms with Gasteiger partial charge in [0.15, 0.2) is 5.58 Å². The number of nitrogens with one attached hydrogen (secondary N) is 1. The molecule has 4 rings (SSSR count). The fourth-order valence-electron chi connectivity index (χ4n) is 2.87. The van der Waals surface area contributed by atoms with Crippen LogP contribution in [0.3, 0.4) is 0 Å². The van der Waals surface area contributed by atoms with Crippen molar-refractivity contribution in [2.24, 2.45) is 0 Å². The van der Waals surface area contributed by atoms with Crippen molar-refractivity contribution in [3.63, 3.8) is 0 Å². The second-order valence-electron chi connectivity index (χ2n) is 6.58. The van der Waals surface area contributed by atoms with Gasteiger partial charge in [-0.25, -0.2) is 4.98 Å². The number of halogens is 2. The van der Waals surface area contributed by atoms with Gasteiger partial charge in [-0.1, -0.05) is 27.5 Å². The zero-order valence-corrected chi connectivity index (χ0v) is 17.6. The molecule has 0 unspecified atom stereocenters. The van der Waals surface area contributed by atoms with Crippen molar-refractivity contribution >= 4 is 50.2 Å². The molecule has 1 aromatic heterocycles. The fourth-order valence-corrected chi connectivity index (χ4v) is 3.33. The van der Waals surface area contributed by atoms with E-state index in [4.69, 9.17) is 16.0 Å². The van der Waals surface area contributed by atoms with Gasteiger partial charge < -0.3 is 9.73 Å². The molecule has 1 amide bonds. The fraction of sp³-hybridized carbons (Fsp3) is 0.0909. The highest BCUT2D eigenvalue weighted by Crippen LogP contribution is 2.33. The quantitative estimate of drug-likeness (QED) is 0.370. The molecule has 0 aliphatic heterocycles. The molecule has 3 aromatic carbocycles. The molecule has 0 spiro atoms. The maximum Gasteiger partial charge on any atom is 0.255 e. The molecule has 0 aliphatic carbocycles. The number of nitrogens with zero attached hydrogens (tertiary/aromatic N) is 1. The van der Waals surface area contributed by atoms with E-state index in [0.717, 1.165) is 21.1 Å². The highest BCUT2D eigenvalue weighted by atomic mass is 79.9. The van der Waals surface area contributed by atoms with Crippen molar-refractivity contribution in [1.29, 1.82) is 0 Å². The molecule has 28 heavy (non-hydrogen) atoms. The Morgan fingerprint density at radius 3 is 2.50 bits per heavy atom. The summed E-state index contributed by atoms with van der Waals surface area (Å²) in [6.07, 6.45) is 0. The molecular weight excluding hydrogens is 440 g/mol. The Morgan fingerprint density at radius 1 is 1.04 bits per heavy atom. The lowest BCUT2D eigenvalue weighted by Gasteiger charge is -2.08. The molecule has 0 saturated heterocycles. The van der Waals surface area contributed by atoms with Crippen LogP contribution in [0.25, 0.3) is 22.6 Å². The number of rotatable bonds is 3. The van der Waals surface area contributed by atoms with E-state index in [0.29, 0.717) is 33.3 Å². The topological polar surface area (TPSA) is 55.1 Å². The molecule has 0 saturated carbocycles. The molecule has 0 radical (unpaired) electrons. The zero-order valence-electron chi connectivity index (χ0n) is 15.2. The van der Waals surface area contributed by atoms with Crippen LogP contribution in [0.2, 0.25) is 5.02 Å². The van der Waals surface area contributed by atoms with Gasteiger partial charge in [-0.05, 0) is 79.6 Å². The lowest BCUT2D eigenvalue weighted by molar-refractivity contribution is 0.102. The number of hydrogen-bond acceptors (Lipinski definition) is 3. The van der Waals surface area contributed by atoms with Crippen LogP contribution < -0.4 is 5.32 Å². The standard InChI is InChI=1S/C22H16BrClN2O2/c1-12-9-19-20(10-13(12)2)28-22(26-19)17-11-16(7-8-18(17)24)25-21(27)14-3-5-15(23)6-4-14/h3-11H,1-2H3,(H,25,27). The average molecular weight is 456 g/mol. The molecule has 4 aromatic rings. The van der Waals surface area contributed by atoms with Crippen molar-refractivity contribution < 1.29 is 9.21 Å². The Hall–Kier alpha value is -2.63. The van der Waals surface area contributed by atoms with Gasteiger partial charge in [-0.3, -0.25) is 4.79 Å². The van der Waals surface area contributed by atoms with E-state index in [1.807, 2.05) is 38.1 Å². The first-order valence-electron chi connectivity index (χ1n) is 8.65. The highest BCUT2D eigenvalue weighted by molar-refractivity contribution is 9.10. The van der Waals surface area contributed by atoms with Crippen LogP contribution in [-0.4, -0.2) is 10.9 Å². The van der Waals surface area contributed by atoms with Crippen LogP contribution in [0.15, 0.2) is 63.5 Å². The molecule has 1 heterocycles. The summed E-state index contributed by atoms with van der Waals surface area (Å²) in [5.74, 6) is 0.217. The molecule has 0 aliphatic rings. The minimum absolute atomic E-state index is 0.204. The van der Waals surface area contributed by atoms with Gasteiger partial charge in [-0.2, -0.15) is 0 Å². The third-order valence-electron chi connectivity index (χ3n) is 4.56. The van der Waals surface area contributed by atoms with Crippen LogP contribution in [0.4, 0.5) is 5.69 Å². The minimum atomic E-state index is -0.204. The Morgan fingerprint density at radius 2 is 1.75 bits per heavy atom. The van der Waals surface area contributed by atoms with Crippen LogP contribution >= 0.6 is 27.5 Å². The van der Waals surface area contributed by atoms with E-state index < -0.39 is 0 Å². The van der Waals surface area contributed by atoms with E-state index in [2.05, 4.69) is 26.2 Å². The predicted molar refractivity (Wildman–Crippen MR) is 116 cm³/mol. The van der Waals surface area contributed by atoms with Gasteiger partial charge in [0.2, 0.25) is 5.89 Å². The second kappa shape index (κ2) is 7.41. The van der Waals surface area contributed by atoms with Crippen molar-refractivity contribution in [3.8, 4) is 11.5 Å². The van der Waals surface area contributed by atoms with Gasteiger partial charge in [0.05, 0.1) is 10.6 Å². The van der Waals surface area contributed by atoms with Crippen LogP contribution in [0.1, 0.15) is 21.5 Å². The number of anilines is 1. The summed E-state index contributed by atoms with van der Waals surface area (Å²) in [4.78, 5) is 17.0. The third kappa shape index (κ3) is 3.68. The number of aromatic nitrogens is 1. The average Bonchev–Trinajstić information content (AvgIpc) is 3.06. The summed E-state index contributed by atoms with van der Waals surface area (Å²) in [7, 11) is 0. The van der Waals surface area contributed by atoms with E-state index in [-0.39, 0.29) is 5.91 Å². The molecule has 1 N–H and O–H groups in total. The van der Waals surface area contributed by atoms with Crippen molar-refractivity contribution in [3.05, 3.63) is 80.8 Å². The number of fused-ring (bicyclic) bond motifs is 1. The summed E-state index contributed by atoms with van der Waals surface area (Å²) in [6.45, 7) is 4.07. The van der Waals surface area contributed by atoms with Gasteiger partial charge in [-0.15, -0.1) is 0 Å². The Balaban J connectivity index is 1.67. The highest BCUT2D eigenvalue weighted by Gasteiger charge is 2.15. The lowest BCUT2D eigenvalue weighted by atomic mass is 10.1. The molecule has 4 nitrogen and oxygen atoms in total. The third-order valence-corrected chi connectivity index (χ3v) is 5.42. The van der Waals surface area contributed by atoms with E-state index in [9.17, 15) is 4.79 Å². The normalized spacial score (nSPS) is 11.0. The molecule has 0 fully saturated rings. The number of oxazole rings is 1. The number of aryl methyl sites for hydroxylation is 2. The van der Waals surface area contributed by atoms with Gasteiger partial charge in [0.25, 0.3) is 5.91 Å². The molecule has 0 atom stereocenters. The maximum atomic E-state index is 12.5. The maximum absolute atomic E-state index is 12.5. The molecule has 140 valence electrons. The summed E-state index contributed by atoms with van der Waals surface area (Å²) in [5.41, 5.74) is 5.57. The van der Waals surface area contributed by atoms with Gasteiger partial charge >= 0.3 is 0 Å². The first kappa shape index (κ1) is 18.7. The largest absolute Gasteiger partial charge is 0.436 e. The molecule has 6 heteroatoms. The lowest BCUT2D eigenvalue weighted by Crippen LogP contribution is -2.11. The number of carbonyl (C=O) groups is 1. The summed E-state index contributed by atoms with van der Waals surface area (Å²) >= 11 is 9.74. The predicted octanol–water partition coefficient (Wildman–Crippen LogP) is 6.78. The van der Waals surface area contributed by atoms with Crippen LogP contribution in [-0.2, 0) is 0 Å². The van der Waals surface area contributed by atoms with E-state index in [1.54, 1.807) is 30.3 Å². The summed E-state index contributed by atoms with van der Waals surface area (Å²) in [6, 6.07) is 16.3. The van der Waals surface area contributed by atoms with Crippen molar-refractivity contribution in [1.82, 2.24) is 4.98 Å². The SMILES string of the molecule is Cc1cc2nc(-c3cc(NC(=O)c4ccc(Br)cc4)ccc3Cl)oc2cc1C. The van der Waals surface area contributed by atoms with E-state index >= 15 is 0 Å². The second-order valence-corrected chi connectivity index (χ2v) is 7.90. The Labute approximate surface area is 175 Å². The number of hydrogen-bond donors (Lipinski definition) is 1. The zero-order chi connectivity index (χ0) is 19.8. The molecule has 0 bridgehead atoms. The summed E-state index contributed by atoms with van der Waals surface area (Å²) < 4.78 is 6.83. The van der Waals surface area contributed by atoms with Gasteiger partial charge in [0, 0.05) is 15.7 Å². The minimum Gasteiger partial charge on any atom is -0.436 e.